The molecule has 0 spiro atoms. The van der Waals surface area contributed by atoms with E-state index in [0.717, 1.165) is 96.7 Å². The summed E-state index contributed by atoms with van der Waals surface area (Å²) in [4.78, 5) is 126. The molecule has 4 aliphatic carbocycles. The third-order valence-corrected chi connectivity index (χ3v) is 30.7. The van der Waals surface area contributed by atoms with Crippen molar-refractivity contribution in [3.63, 3.8) is 0 Å². The van der Waals surface area contributed by atoms with Crippen LogP contribution in [0.15, 0.2) is 171 Å². The number of nitrogens with one attached hydrogen (secondary N) is 4. The van der Waals surface area contributed by atoms with Gasteiger partial charge in [0.05, 0.1) is 75.5 Å². The number of carbonyl (C=O) groups excluding carboxylic acids is 7. The summed E-state index contributed by atoms with van der Waals surface area (Å²) in [5.41, 5.74) is 4.20. The number of hydrogen-bond acceptors (Lipinski definition) is 32. The third-order valence-electron chi connectivity index (χ3n) is 23.8. The molecule has 12 aromatic rings. The summed E-state index contributed by atoms with van der Waals surface area (Å²) >= 11 is 52.2. The zero-order valence-corrected chi connectivity index (χ0v) is 87.7. The van der Waals surface area contributed by atoms with Crippen LogP contribution in [0.3, 0.4) is 0 Å². The number of ketones is 7. The molecule has 0 amide bonds. The van der Waals surface area contributed by atoms with Gasteiger partial charge in [0, 0.05) is 112 Å². The number of aliphatic hydroxyl groups excluding tert-OH is 4. The summed E-state index contributed by atoms with van der Waals surface area (Å²) in [5.74, 6) is 2.32. The minimum absolute atomic E-state index is 0. The molecular weight excluding hydrogens is 2110 g/mol. The first-order valence-corrected chi connectivity index (χ1v) is 52.8. The van der Waals surface area contributed by atoms with Crippen LogP contribution in [0.1, 0.15) is 254 Å². The molecule has 8 aromatic heterocycles. The molecular formula is C98H105Cl8MnN13O16S5. The number of rotatable bonds is 30. The second-order valence-corrected chi connectivity index (χ2v) is 42.9. The predicted octanol–water partition coefficient (Wildman–Crippen LogP) is 22.6. The molecule has 751 valence electrons. The molecule has 43 heteroatoms. The Morgan fingerprint density at radius 1 is 0.454 bits per heavy atom. The Balaban J connectivity index is 0.000000205. The van der Waals surface area contributed by atoms with E-state index in [0.29, 0.717) is 144 Å². The first-order chi connectivity index (χ1) is 67.4. The van der Waals surface area contributed by atoms with Gasteiger partial charge < -0.3 is 41.7 Å². The molecule has 0 aliphatic heterocycles. The van der Waals surface area contributed by atoms with Crippen LogP contribution < -0.4 is 26.4 Å². The van der Waals surface area contributed by atoms with E-state index in [1.165, 1.54) is 68.3 Å². The number of nitrogens with two attached hydrogens (primary N) is 1. The van der Waals surface area contributed by atoms with Crippen molar-refractivity contribution >= 4 is 212 Å². The van der Waals surface area contributed by atoms with Crippen molar-refractivity contribution in [2.75, 3.05) is 41.1 Å². The summed E-state index contributed by atoms with van der Waals surface area (Å²) in [6.07, 6.45) is 18.4. The number of carbonyl (C=O) groups is 7. The average molecular weight is 2220 g/mol. The Kier molecular flexibility index (Phi) is 44.8. The zero-order chi connectivity index (χ0) is 103. The zero-order valence-electron chi connectivity index (χ0n) is 77.4. The topological polar surface area (TPSA) is 455 Å². The quantitative estimate of drug-likeness (QED) is 0.0149. The SMILES string of the molecule is C.CCO.CC[C@H]1C[C@@H](Nc2ncncc2C(=O)c2cc(C(=O)c3cccc(Cl)c3)c(Cl)s2)C[C@@H]1C.CC[C@H]1C[C@@H](Nc2ncncc2C(=O)c2cc(C(O)c3cccc(Cl)c3)c(Cl)s2)C[C@@H]1C.C[C@H]1C[C@H](Nc2ncncc2C(=O)c2cc(C(=O)c3cccc(Cl)c3)c(Cl)s2)C[C@@H]1CO.NS(=O)(=O)OC[C@H]1C[C@@H](Nc2ncncc2C(=O)c2cc(C(=O)c3cccc(Cl)c3)c(Cl)s2)C[C@@H]1O.[2H]CC.[O]=[Mn]=[O]. The van der Waals surface area contributed by atoms with Crippen LogP contribution in [0, 0.1) is 41.4 Å². The number of halogens is 8. The van der Waals surface area contributed by atoms with Crippen molar-refractivity contribution < 1.29 is 90.4 Å². The Morgan fingerprint density at radius 2 is 0.745 bits per heavy atom. The minimum atomic E-state index is -4.12. The summed E-state index contributed by atoms with van der Waals surface area (Å²) in [7, 11) is -4.12. The van der Waals surface area contributed by atoms with Gasteiger partial charge in [-0.25, -0.2) is 45.0 Å². The van der Waals surface area contributed by atoms with E-state index in [1.54, 1.807) is 117 Å². The summed E-state index contributed by atoms with van der Waals surface area (Å²) in [6.45, 7) is 15.2. The van der Waals surface area contributed by atoms with Gasteiger partial charge in [-0.2, -0.15) is 8.42 Å². The van der Waals surface area contributed by atoms with E-state index in [2.05, 4.69) is 99.9 Å². The fourth-order valence-corrected chi connectivity index (χ4v) is 23.0. The van der Waals surface area contributed by atoms with Crippen molar-refractivity contribution in [1.29, 1.82) is 0 Å². The standard InChI is InChI=1S/C24H25Cl2N3O2S.C24H23Cl2N3O2S.C23H21Cl2N3O3S.C22H20Cl2N4O6S2.C2H6O.C2H6.CH4.Mn.2O/c2*1-3-14-9-17(7-13(14)2)29-24-19(11-27-12-28-24)22(31)20-10-18(23(26)32-20)21(30)15-5-4-6-16(25)8-15;1-12-5-16(7-14(12)10-29)28-23-18(9-26-11-27-23)21(31)19-8-17(22(25)32-19)20(30)13-3-2-4-15(24)6-13;23-13-3-1-2-11(4-13)19(30)15-7-18(35-21(15)24)20(31)16-8-26-10-27-22(16)28-14-5-12(17(29)6-14)9-34-36(25,32)33;1-2-3;1-2;;;;/h4-6,8,10-14,17,21,30H,3,7,9H2,1-2H3,(H,27,28,29);4-6,8,10-14,17H,3,7,9H2,1-2H3,(H,27,28,29);2-4,6,8-9,11-12,14,16,29H,5,7,10H2,1H3,(H,26,27,28);1-4,7-8,10,12,14,17,29H,5-6,9H2,(H2,25,32,33)(H,26,27,28);3H,2H2,1H3;1-2H3;1H4;;;/t13-,14-,17-,21?;13-,14-,17-;12-,14+,16-;12-,14-,17+;;;;;;/m0001....../s1/i;;;;;1D;;;;. The van der Waals surface area contributed by atoms with Gasteiger partial charge in [0.1, 0.15) is 67.7 Å². The monoisotopic (exact) mass is 2220 g/mol. The van der Waals surface area contributed by atoms with Crippen molar-refractivity contribution in [2.45, 2.75) is 163 Å². The van der Waals surface area contributed by atoms with Gasteiger partial charge >= 0.3 is 32.8 Å². The van der Waals surface area contributed by atoms with Crippen molar-refractivity contribution in [3.05, 3.63) is 295 Å². The van der Waals surface area contributed by atoms with Crippen LogP contribution in [0.4, 0.5) is 23.3 Å². The number of aromatic nitrogens is 8. The number of aliphatic hydroxyl groups is 4. The number of hydrogen-bond donors (Lipinski definition) is 9. The Labute approximate surface area is 881 Å². The summed E-state index contributed by atoms with van der Waals surface area (Å²) in [5, 5.41) is 58.2. The fraction of sp³-hybridized carbons (Fsp3) is 0.357. The van der Waals surface area contributed by atoms with Crippen LogP contribution in [-0.4, -0.2) is 159 Å². The molecule has 8 heterocycles. The molecule has 141 heavy (non-hydrogen) atoms. The molecule has 1 unspecified atom stereocenters. The number of anilines is 4. The molecule has 29 nitrogen and oxygen atoms in total. The van der Waals surface area contributed by atoms with Crippen LogP contribution in [-0.2, 0) is 37.0 Å². The molecule has 0 radical (unpaired) electrons. The van der Waals surface area contributed by atoms with E-state index in [9.17, 15) is 57.3 Å². The average Bonchev–Trinajstić information content (AvgIpc) is 1.66. The molecule has 4 fully saturated rings. The number of thiophene rings is 4. The van der Waals surface area contributed by atoms with E-state index in [-0.39, 0.29) is 144 Å². The summed E-state index contributed by atoms with van der Waals surface area (Å²) < 4.78 is 50.8. The van der Waals surface area contributed by atoms with Crippen LogP contribution in [0.2, 0.25) is 37.4 Å². The van der Waals surface area contributed by atoms with E-state index < -0.39 is 49.0 Å². The van der Waals surface area contributed by atoms with Gasteiger partial charge in [-0.3, -0.25) is 37.7 Å². The molecule has 4 aromatic carbocycles. The van der Waals surface area contributed by atoms with E-state index in [4.69, 9.17) is 112 Å². The van der Waals surface area contributed by atoms with Crippen molar-refractivity contribution in [1.82, 2.24) is 39.9 Å². The Bertz CT molecular complexity index is 6360. The van der Waals surface area contributed by atoms with Crippen LogP contribution in [0.5, 0.6) is 0 Å². The first-order valence-electron chi connectivity index (χ1n) is 44.8. The number of nitrogens with zero attached hydrogens (tertiary/aromatic N) is 8. The maximum absolute atomic E-state index is 13.3. The number of benzene rings is 4. The predicted molar refractivity (Wildman–Crippen MR) is 552 cm³/mol. The maximum atomic E-state index is 13.3. The van der Waals surface area contributed by atoms with Crippen molar-refractivity contribution in [3.8, 4) is 0 Å². The molecule has 4 saturated carbocycles. The van der Waals surface area contributed by atoms with Gasteiger partial charge in [0.25, 0.3) is 0 Å². The Morgan fingerprint density at radius 3 is 1.04 bits per heavy atom. The van der Waals surface area contributed by atoms with Gasteiger partial charge in [-0.15, -0.1) is 45.3 Å². The van der Waals surface area contributed by atoms with E-state index in [1.807, 2.05) is 0 Å². The van der Waals surface area contributed by atoms with E-state index >= 15 is 0 Å². The van der Waals surface area contributed by atoms with Crippen LogP contribution >= 0.6 is 138 Å². The molecule has 0 saturated heterocycles. The molecule has 4 aliphatic rings. The second kappa shape index (κ2) is 55.4. The van der Waals surface area contributed by atoms with Crippen molar-refractivity contribution in [2.24, 2.45) is 46.6 Å². The molecule has 0 bridgehead atoms. The fourth-order valence-electron chi connectivity index (χ4n) is 16.9. The van der Waals surface area contributed by atoms with Gasteiger partial charge in [-0.1, -0.05) is 210 Å². The van der Waals surface area contributed by atoms with Gasteiger partial charge in [-0.05, 0) is 172 Å². The molecule has 10 N–H and O–H groups in total. The van der Waals surface area contributed by atoms with Gasteiger partial charge in [0.15, 0.2) is 17.3 Å². The molecule has 16 rings (SSSR count). The van der Waals surface area contributed by atoms with Crippen LogP contribution in [0.25, 0.3) is 0 Å². The Hall–Kier alpha value is -8.96. The molecule has 13 atom stereocenters. The van der Waals surface area contributed by atoms with Gasteiger partial charge in [0.2, 0.25) is 23.1 Å². The normalized spacial score (nSPS) is 19.5. The summed E-state index contributed by atoms with van der Waals surface area (Å²) in [6, 6.07) is 33.0. The third kappa shape index (κ3) is 31.5. The second-order valence-electron chi connectivity index (χ2n) is 33.1. The first kappa shape index (κ1) is 114.